The summed E-state index contributed by atoms with van der Waals surface area (Å²) >= 11 is 0. The maximum absolute atomic E-state index is 12.4. The van der Waals surface area contributed by atoms with E-state index in [0.717, 1.165) is 11.1 Å². The third kappa shape index (κ3) is 4.39. The summed E-state index contributed by atoms with van der Waals surface area (Å²) in [5.41, 5.74) is 3.33. The molecular weight excluding hydrogens is 316 g/mol. The van der Waals surface area contributed by atoms with Crippen LogP contribution < -0.4 is 14.8 Å². The average molecular weight is 336 g/mol. The lowest BCUT2D eigenvalue weighted by Gasteiger charge is -2.10. The van der Waals surface area contributed by atoms with Crippen LogP contribution in [0.5, 0.6) is 11.5 Å². The first-order valence-electron chi connectivity index (χ1n) is 7.71. The first kappa shape index (κ1) is 18.1. The van der Waals surface area contributed by atoms with Crippen LogP contribution in [0, 0.1) is 25.2 Å². The van der Waals surface area contributed by atoms with E-state index in [0.29, 0.717) is 22.7 Å². The lowest BCUT2D eigenvalue weighted by molar-refractivity contribution is -0.112. The second-order valence-electron chi connectivity index (χ2n) is 5.55. The highest BCUT2D eigenvalue weighted by Gasteiger charge is 2.13. The van der Waals surface area contributed by atoms with E-state index >= 15 is 0 Å². The fourth-order valence-electron chi connectivity index (χ4n) is 2.39. The number of amides is 1. The second-order valence-corrected chi connectivity index (χ2v) is 5.55. The Morgan fingerprint density at radius 3 is 2.48 bits per heavy atom. The molecule has 1 N–H and O–H groups in total. The van der Waals surface area contributed by atoms with Crippen LogP contribution >= 0.6 is 0 Å². The molecule has 0 spiro atoms. The highest BCUT2D eigenvalue weighted by molar-refractivity contribution is 6.10. The third-order valence-corrected chi connectivity index (χ3v) is 3.74. The first-order valence-corrected chi connectivity index (χ1v) is 7.71. The molecule has 0 saturated heterocycles. The molecule has 2 aromatic carbocycles. The van der Waals surface area contributed by atoms with Gasteiger partial charge in [-0.05, 0) is 43.7 Å². The van der Waals surface area contributed by atoms with Crippen LogP contribution in [0.1, 0.15) is 16.7 Å². The summed E-state index contributed by atoms with van der Waals surface area (Å²) in [5.74, 6) is 0.686. The SMILES string of the molecule is COc1ccc(/C=C(\C#N)C(=O)Nc2ccc(C)cc2C)c(OC)c1. The van der Waals surface area contributed by atoms with E-state index in [2.05, 4.69) is 5.32 Å². The van der Waals surface area contributed by atoms with Gasteiger partial charge in [0.1, 0.15) is 23.1 Å². The van der Waals surface area contributed by atoms with Gasteiger partial charge in [-0.3, -0.25) is 4.79 Å². The van der Waals surface area contributed by atoms with Crippen molar-refractivity contribution in [1.82, 2.24) is 0 Å². The Morgan fingerprint density at radius 1 is 1.12 bits per heavy atom. The molecule has 0 fully saturated rings. The van der Waals surface area contributed by atoms with Gasteiger partial charge in [0.2, 0.25) is 0 Å². The molecule has 0 aliphatic heterocycles. The zero-order valence-electron chi connectivity index (χ0n) is 14.7. The fourth-order valence-corrected chi connectivity index (χ4v) is 2.39. The van der Waals surface area contributed by atoms with Gasteiger partial charge in [-0.2, -0.15) is 5.26 Å². The Morgan fingerprint density at radius 2 is 1.88 bits per heavy atom. The van der Waals surface area contributed by atoms with Crippen LogP contribution in [0.2, 0.25) is 0 Å². The van der Waals surface area contributed by atoms with Crippen molar-refractivity contribution in [2.45, 2.75) is 13.8 Å². The Labute approximate surface area is 147 Å². The van der Waals surface area contributed by atoms with Gasteiger partial charge in [0.05, 0.1) is 14.2 Å². The predicted octanol–water partition coefficient (Wildman–Crippen LogP) is 3.87. The molecule has 0 aliphatic carbocycles. The number of aryl methyl sites for hydroxylation is 2. The van der Waals surface area contributed by atoms with Gasteiger partial charge >= 0.3 is 0 Å². The number of ether oxygens (including phenoxy) is 2. The highest BCUT2D eigenvalue weighted by Crippen LogP contribution is 2.27. The second kappa shape index (κ2) is 8.02. The molecule has 25 heavy (non-hydrogen) atoms. The van der Waals surface area contributed by atoms with Gasteiger partial charge in [-0.1, -0.05) is 17.7 Å². The van der Waals surface area contributed by atoms with E-state index in [-0.39, 0.29) is 5.57 Å². The van der Waals surface area contributed by atoms with E-state index in [1.54, 1.807) is 25.3 Å². The van der Waals surface area contributed by atoms with Crippen molar-refractivity contribution in [3.63, 3.8) is 0 Å². The number of rotatable bonds is 5. The molecular formula is C20H20N2O3. The minimum absolute atomic E-state index is 0.0107. The summed E-state index contributed by atoms with van der Waals surface area (Å²) in [6, 6.07) is 12.8. The average Bonchev–Trinajstić information content (AvgIpc) is 2.61. The van der Waals surface area contributed by atoms with Gasteiger partial charge in [0, 0.05) is 17.3 Å². The molecule has 2 rings (SSSR count). The summed E-state index contributed by atoms with van der Waals surface area (Å²) in [6.45, 7) is 3.89. The number of nitrogens with zero attached hydrogens (tertiary/aromatic N) is 1. The van der Waals surface area contributed by atoms with Gasteiger partial charge < -0.3 is 14.8 Å². The summed E-state index contributed by atoms with van der Waals surface area (Å²) < 4.78 is 10.4. The van der Waals surface area contributed by atoms with Crippen LogP contribution in [0.4, 0.5) is 5.69 Å². The smallest absolute Gasteiger partial charge is 0.266 e. The molecule has 0 aliphatic rings. The number of nitrogens with one attached hydrogen (secondary N) is 1. The molecule has 0 heterocycles. The number of hydrogen-bond acceptors (Lipinski definition) is 4. The number of carbonyl (C=O) groups excluding carboxylic acids is 1. The quantitative estimate of drug-likeness (QED) is 0.665. The van der Waals surface area contributed by atoms with Crippen molar-refractivity contribution in [1.29, 1.82) is 5.26 Å². The normalized spacial score (nSPS) is 10.8. The van der Waals surface area contributed by atoms with Gasteiger partial charge in [-0.15, -0.1) is 0 Å². The van der Waals surface area contributed by atoms with Crippen molar-refractivity contribution in [3.05, 3.63) is 58.7 Å². The molecule has 0 saturated carbocycles. The first-order chi connectivity index (χ1) is 12.0. The monoisotopic (exact) mass is 336 g/mol. The molecule has 5 heteroatoms. The largest absolute Gasteiger partial charge is 0.497 e. The van der Waals surface area contributed by atoms with Gasteiger partial charge in [0.25, 0.3) is 5.91 Å². The maximum atomic E-state index is 12.4. The fraction of sp³-hybridized carbons (Fsp3) is 0.200. The summed E-state index contributed by atoms with van der Waals surface area (Å²) in [7, 11) is 3.08. The Hall–Kier alpha value is -3.26. The topological polar surface area (TPSA) is 71.3 Å². The molecule has 128 valence electrons. The van der Waals surface area contributed by atoms with E-state index in [1.165, 1.54) is 13.2 Å². The Kier molecular flexibility index (Phi) is 5.80. The van der Waals surface area contributed by atoms with Crippen molar-refractivity contribution in [3.8, 4) is 17.6 Å². The zero-order valence-corrected chi connectivity index (χ0v) is 14.7. The van der Waals surface area contributed by atoms with E-state index < -0.39 is 5.91 Å². The van der Waals surface area contributed by atoms with Crippen molar-refractivity contribution in [2.24, 2.45) is 0 Å². The Bertz CT molecular complexity index is 864. The summed E-state index contributed by atoms with van der Waals surface area (Å²) in [4.78, 5) is 12.4. The zero-order chi connectivity index (χ0) is 18.4. The minimum Gasteiger partial charge on any atom is -0.497 e. The standard InChI is InChI=1S/C20H20N2O3/c1-13-5-8-18(14(2)9-13)22-20(23)16(12-21)10-15-6-7-17(24-3)11-19(15)25-4/h5-11H,1-4H3,(H,22,23)/b16-10+. The predicted molar refractivity (Wildman–Crippen MR) is 97.7 cm³/mol. The molecule has 0 radical (unpaired) electrons. The van der Waals surface area contributed by atoms with Crippen LogP contribution in [0.25, 0.3) is 6.08 Å². The molecule has 0 bridgehead atoms. The number of hydrogen-bond donors (Lipinski definition) is 1. The van der Waals surface area contributed by atoms with Crippen molar-refractivity contribution < 1.29 is 14.3 Å². The lowest BCUT2D eigenvalue weighted by Crippen LogP contribution is -2.14. The van der Waals surface area contributed by atoms with Crippen LogP contribution in [0.15, 0.2) is 42.0 Å². The number of nitriles is 1. The minimum atomic E-state index is -0.465. The van der Waals surface area contributed by atoms with Crippen LogP contribution in [0.3, 0.4) is 0 Å². The molecule has 1 amide bonds. The summed E-state index contributed by atoms with van der Waals surface area (Å²) in [5, 5.41) is 12.1. The number of benzene rings is 2. The molecule has 0 unspecified atom stereocenters. The number of anilines is 1. The highest BCUT2D eigenvalue weighted by atomic mass is 16.5. The van der Waals surface area contributed by atoms with Gasteiger partial charge in [-0.25, -0.2) is 0 Å². The molecule has 5 nitrogen and oxygen atoms in total. The molecule has 2 aromatic rings. The van der Waals surface area contributed by atoms with Crippen LogP contribution in [-0.4, -0.2) is 20.1 Å². The molecule has 0 aromatic heterocycles. The lowest BCUT2D eigenvalue weighted by atomic mass is 10.1. The van der Waals surface area contributed by atoms with Crippen LogP contribution in [-0.2, 0) is 4.79 Å². The van der Waals surface area contributed by atoms with E-state index in [1.807, 2.05) is 38.1 Å². The van der Waals surface area contributed by atoms with Crippen molar-refractivity contribution >= 4 is 17.7 Å². The van der Waals surface area contributed by atoms with E-state index in [4.69, 9.17) is 9.47 Å². The third-order valence-electron chi connectivity index (χ3n) is 3.74. The van der Waals surface area contributed by atoms with E-state index in [9.17, 15) is 10.1 Å². The van der Waals surface area contributed by atoms with Crippen molar-refractivity contribution in [2.75, 3.05) is 19.5 Å². The summed E-state index contributed by atoms with van der Waals surface area (Å²) in [6.07, 6.45) is 1.50. The maximum Gasteiger partial charge on any atom is 0.266 e. The number of carbonyl (C=O) groups is 1. The number of methoxy groups -OCH3 is 2. The molecule has 0 atom stereocenters. The Balaban J connectivity index is 2.31. The van der Waals surface area contributed by atoms with Gasteiger partial charge in [0.15, 0.2) is 0 Å².